The molecule has 8 nitrogen and oxygen atoms in total. The summed E-state index contributed by atoms with van der Waals surface area (Å²) in [4.78, 5) is 15.1. The molecule has 0 atom stereocenters. The van der Waals surface area contributed by atoms with E-state index in [1.54, 1.807) is 18.2 Å². The van der Waals surface area contributed by atoms with Gasteiger partial charge in [0.15, 0.2) is 5.75 Å². The number of aliphatic imine (C=N–C) groups is 1. The molecule has 5 rings (SSSR count). The molecule has 0 saturated carbocycles. The number of phenols is 1. The number of phenolic OH excluding ortho intramolecular Hbond substituents is 1. The smallest absolute Gasteiger partial charge is 0.416 e. The van der Waals surface area contributed by atoms with Crippen molar-refractivity contribution in [3.8, 4) is 28.6 Å². The van der Waals surface area contributed by atoms with E-state index in [1.165, 1.54) is 22.9 Å². The minimum absolute atomic E-state index is 0.0444. The highest BCUT2D eigenvalue weighted by Gasteiger charge is 2.32. The number of hydrogen-bond donors (Lipinski definition) is 3. The average Bonchev–Trinajstić information content (AvgIpc) is 3.46. The van der Waals surface area contributed by atoms with Gasteiger partial charge in [-0.15, -0.1) is 0 Å². The second-order valence-corrected chi connectivity index (χ2v) is 9.44. The Kier molecular flexibility index (Phi) is 6.77. The zero-order valence-corrected chi connectivity index (χ0v) is 21.6. The zero-order chi connectivity index (χ0) is 29.6. The Morgan fingerprint density at radius 3 is 2.46 bits per heavy atom. The lowest BCUT2D eigenvalue weighted by Gasteiger charge is -2.11. The number of aliphatic carboxylic acids is 1. The van der Waals surface area contributed by atoms with E-state index in [2.05, 4.69) is 10.1 Å². The summed E-state index contributed by atoms with van der Waals surface area (Å²) in [7, 11) is 0. The summed E-state index contributed by atoms with van der Waals surface area (Å²) in [5.74, 6) is -2.81. The van der Waals surface area contributed by atoms with E-state index in [-0.39, 0.29) is 33.4 Å². The lowest BCUT2D eigenvalue weighted by atomic mass is 10.1. The Hall–Kier alpha value is -5.13. The fourth-order valence-corrected chi connectivity index (χ4v) is 4.47. The Labute approximate surface area is 230 Å². The van der Waals surface area contributed by atoms with Crippen molar-refractivity contribution in [2.75, 3.05) is 0 Å². The van der Waals surface area contributed by atoms with Gasteiger partial charge in [0.05, 0.1) is 22.3 Å². The summed E-state index contributed by atoms with van der Waals surface area (Å²) in [5, 5.41) is 35.3. The van der Waals surface area contributed by atoms with Gasteiger partial charge in [-0.25, -0.2) is 4.39 Å². The fourth-order valence-electron chi connectivity index (χ4n) is 4.47. The molecule has 41 heavy (non-hydrogen) atoms. The van der Waals surface area contributed by atoms with E-state index in [1.807, 2.05) is 13.8 Å². The molecule has 0 saturated heterocycles. The number of halogens is 4. The van der Waals surface area contributed by atoms with Crippen molar-refractivity contribution in [1.29, 1.82) is 0 Å². The van der Waals surface area contributed by atoms with Crippen LogP contribution in [0, 0.1) is 19.7 Å². The molecule has 0 aliphatic heterocycles. The largest absolute Gasteiger partial charge is 0.505 e. The highest BCUT2D eigenvalue weighted by molar-refractivity contribution is 6.04. The number of aryl methyl sites for hydroxylation is 2. The summed E-state index contributed by atoms with van der Waals surface area (Å²) in [5.41, 5.74) is 1.21. The van der Waals surface area contributed by atoms with Crippen molar-refractivity contribution >= 4 is 28.8 Å². The van der Waals surface area contributed by atoms with E-state index < -0.39 is 41.7 Å². The minimum Gasteiger partial charge on any atom is -0.505 e. The number of benzene rings is 3. The summed E-state index contributed by atoms with van der Waals surface area (Å²) in [6.07, 6.45) is -2.15. The molecule has 3 aromatic carbocycles. The van der Waals surface area contributed by atoms with Crippen LogP contribution in [-0.4, -0.2) is 41.9 Å². The molecule has 2 heterocycles. The number of aromatic nitrogens is 3. The molecule has 210 valence electrons. The average molecular weight is 567 g/mol. The van der Waals surface area contributed by atoms with Crippen molar-refractivity contribution < 1.29 is 37.7 Å². The molecule has 0 unspecified atom stereocenters. The van der Waals surface area contributed by atoms with Crippen LogP contribution >= 0.6 is 0 Å². The van der Waals surface area contributed by atoms with Gasteiger partial charge in [0.1, 0.15) is 18.0 Å². The predicted octanol–water partition coefficient (Wildman–Crippen LogP) is 6.52. The first-order valence-electron chi connectivity index (χ1n) is 12.2. The fraction of sp³-hybridized carbons (Fsp3) is 0.138. The normalized spacial score (nSPS) is 12.0. The van der Waals surface area contributed by atoms with Crippen LogP contribution in [0.1, 0.15) is 22.3 Å². The molecule has 0 aliphatic carbocycles. The molecular formula is C29H22F4N4O4. The third-order valence-corrected chi connectivity index (χ3v) is 6.66. The van der Waals surface area contributed by atoms with E-state index >= 15 is 0 Å². The molecule has 2 aromatic heterocycles. The van der Waals surface area contributed by atoms with Crippen molar-refractivity contribution in [3.05, 3.63) is 88.9 Å². The van der Waals surface area contributed by atoms with Gasteiger partial charge in [-0.1, -0.05) is 12.1 Å². The van der Waals surface area contributed by atoms with Crippen LogP contribution in [0.2, 0.25) is 0 Å². The molecule has 0 aliphatic rings. The number of aromatic hydroxyl groups is 2. The third kappa shape index (κ3) is 5.23. The maximum absolute atomic E-state index is 14.5. The number of carbonyl (C=O) groups is 1. The van der Waals surface area contributed by atoms with Crippen molar-refractivity contribution in [2.24, 2.45) is 4.99 Å². The molecule has 0 radical (unpaired) electrons. The van der Waals surface area contributed by atoms with Gasteiger partial charge in [-0.3, -0.25) is 19.0 Å². The molecule has 5 aromatic rings. The monoisotopic (exact) mass is 566 g/mol. The molecule has 0 spiro atoms. The summed E-state index contributed by atoms with van der Waals surface area (Å²) in [6.45, 7) is 3.27. The number of rotatable bonds is 6. The number of fused-ring (bicyclic) bond motifs is 1. The van der Waals surface area contributed by atoms with E-state index in [0.717, 1.165) is 46.3 Å². The lowest BCUT2D eigenvalue weighted by Crippen LogP contribution is -2.08. The number of hydrogen-bond acceptors (Lipinski definition) is 5. The van der Waals surface area contributed by atoms with Gasteiger partial charge in [0, 0.05) is 35.1 Å². The molecule has 3 N–H and O–H groups in total. The summed E-state index contributed by atoms with van der Waals surface area (Å²) in [6, 6.07) is 11.5. The van der Waals surface area contributed by atoms with E-state index in [0.29, 0.717) is 5.69 Å². The van der Waals surface area contributed by atoms with Crippen molar-refractivity contribution in [2.45, 2.75) is 26.6 Å². The number of carboxylic acid groups (broad SMARTS) is 1. The number of nitrogens with zero attached hydrogens (tertiary/aromatic N) is 4. The van der Waals surface area contributed by atoms with E-state index in [9.17, 15) is 32.6 Å². The van der Waals surface area contributed by atoms with Crippen LogP contribution < -0.4 is 0 Å². The summed E-state index contributed by atoms with van der Waals surface area (Å²) >= 11 is 0. The quantitative estimate of drug-likeness (QED) is 0.160. The van der Waals surface area contributed by atoms with Crippen LogP contribution in [-0.2, 0) is 17.5 Å². The first kappa shape index (κ1) is 27.4. The molecular weight excluding hydrogens is 544 g/mol. The van der Waals surface area contributed by atoms with Crippen LogP contribution in [0.25, 0.3) is 27.8 Å². The Balaban J connectivity index is 1.65. The number of alkyl halides is 3. The molecule has 0 fully saturated rings. The second-order valence-electron chi connectivity index (χ2n) is 9.44. The Morgan fingerprint density at radius 2 is 1.78 bits per heavy atom. The SMILES string of the molecule is Cc1ccc(-n2c(O)c(C=Nc3cc(F)cc(-c4ccn(CC(=O)O)n4)c3O)c3ccc(C(F)(F)F)cc32)cc1C. The van der Waals surface area contributed by atoms with Crippen LogP contribution in [0.3, 0.4) is 0 Å². The predicted molar refractivity (Wildman–Crippen MR) is 144 cm³/mol. The standard InChI is InChI=1S/C29H22F4N4O4/c1-15-3-5-19(9-16(15)2)37-25-10-17(29(31,32)33)4-6-20(25)22(28(37)41)13-34-24-12-18(30)11-21(27(24)40)23-7-8-36(35-23)14-26(38)39/h3-13,40-41H,14H2,1-2H3,(H,38,39). The van der Waals surface area contributed by atoms with Crippen LogP contribution in [0.15, 0.2) is 65.8 Å². The van der Waals surface area contributed by atoms with Crippen LogP contribution in [0.4, 0.5) is 23.2 Å². The maximum Gasteiger partial charge on any atom is 0.416 e. The minimum atomic E-state index is -4.63. The highest BCUT2D eigenvalue weighted by atomic mass is 19.4. The van der Waals surface area contributed by atoms with Gasteiger partial charge >= 0.3 is 12.1 Å². The third-order valence-electron chi connectivity index (χ3n) is 6.66. The Bertz CT molecular complexity index is 1850. The Morgan fingerprint density at radius 1 is 1.02 bits per heavy atom. The van der Waals surface area contributed by atoms with Crippen molar-refractivity contribution in [1.82, 2.24) is 14.3 Å². The zero-order valence-electron chi connectivity index (χ0n) is 21.6. The van der Waals surface area contributed by atoms with Gasteiger partial charge in [0.25, 0.3) is 0 Å². The van der Waals surface area contributed by atoms with Crippen LogP contribution in [0.5, 0.6) is 11.6 Å². The molecule has 12 heteroatoms. The van der Waals surface area contributed by atoms with Gasteiger partial charge < -0.3 is 15.3 Å². The molecule has 0 bridgehead atoms. The first-order valence-corrected chi connectivity index (χ1v) is 12.2. The second kappa shape index (κ2) is 10.1. The van der Waals surface area contributed by atoms with E-state index in [4.69, 9.17) is 5.11 Å². The summed E-state index contributed by atoms with van der Waals surface area (Å²) < 4.78 is 57.6. The topological polar surface area (TPSA) is 113 Å². The highest BCUT2D eigenvalue weighted by Crippen LogP contribution is 2.40. The molecule has 0 amide bonds. The van der Waals surface area contributed by atoms with Crippen molar-refractivity contribution in [3.63, 3.8) is 0 Å². The van der Waals surface area contributed by atoms with Gasteiger partial charge in [-0.05, 0) is 61.4 Å². The number of carboxylic acids is 1. The maximum atomic E-state index is 14.5. The first-order chi connectivity index (χ1) is 19.3. The lowest BCUT2D eigenvalue weighted by molar-refractivity contribution is -0.138. The van der Waals surface area contributed by atoms with Gasteiger partial charge in [0.2, 0.25) is 5.88 Å². The van der Waals surface area contributed by atoms with Gasteiger partial charge in [-0.2, -0.15) is 18.3 Å².